The number of nitriles is 1. The lowest BCUT2D eigenvalue weighted by Crippen LogP contribution is -2.28. The smallest absolute Gasteiger partial charge is 0.229 e. The minimum absolute atomic E-state index is 0.138. The Labute approximate surface area is 154 Å². The molecule has 126 valence electrons. The molecule has 0 spiro atoms. The number of nitrogens with one attached hydrogen (secondary N) is 1. The Bertz CT molecular complexity index is 888. The molecule has 0 aromatic heterocycles. The molecule has 1 heterocycles. The van der Waals surface area contributed by atoms with E-state index in [0.717, 1.165) is 10.0 Å². The molecule has 0 bridgehead atoms. The third-order valence-corrected chi connectivity index (χ3v) is 5.10. The van der Waals surface area contributed by atoms with Crippen LogP contribution in [0.15, 0.2) is 46.9 Å². The number of para-hydroxylation sites is 1. The number of nitrogens with zero attached hydrogens (tertiary/aromatic N) is 2. The predicted molar refractivity (Wildman–Crippen MR) is 99.1 cm³/mol. The molecule has 6 heteroatoms. The maximum absolute atomic E-state index is 12.5. The number of hydrogen-bond acceptors (Lipinski definition) is 3. The third-order valence-electron chi connectivity index (χ3n) is 4.25. The standard InChI is InChI=1S/C19H16BrN3O2/c1-12-6-7-15(9-16(12)20)22-19(25)14-8-18(24)23(11-14)17-5-3-2-4-13(17)10-21/h2-7,9,14H,8,11H2,1H3,(H,22,25). The summed E-state index contributed by atoms with van der Waals surface area (Å²) < 4.78 is 0.914. The van der Waals surface area contributed by atoms with Crippen LogP contribution in [0.25, 0.3) is 0 Å². The average Bonchev–Trinajstić information content (AvgIpc) is 3.00. The van der Waals surface area contributed by atoms with Crippen molar-refractivity contribution in [1.82, 2.24) is 0 Å². The fourth-order valence-electron chi connectivity index (χ4n) is 2.83. The summed E-state index contributed by atoms with van der Waals surface area (Å²) in [4.78, 5) is 26.4. The minimum Gasteiger partial charge on any atom is -0.326 e. The van der Waals surface area contributed by atoms with Crippen LogP contribution >= 0.6 is 15.9 Å². The number of carbonyl (C=O) groups excluding carboxylic acids is 2. The number of carbonyl (C=O) groups is 2. The van der Waals surface area contributed by atoms with Gasteiger partial charge in [0.2, 0.25) is 11.8 Å². The molecule has 0 saturated carbocycles. The SMILES string of the molecule is Cc1ccc(NC(=O)C2CC(=O)N(c3ccccc3C#N)C2)cc1Br. The molecule has 1 fully saturated rings. The van der Waals surface area contributed by atoms with Crippen LogP contribution in [0.4, 0.5) is 11.4 Å². The molecule has 1 unspecified atom stereocenters. The van der Waals surface area contributed by atoms with Gasteiger partial charge in [-0.05, 0) is 36.8 Å². The van der Waals surface area contributed by atoms with Crippen LogP contribution in [-0.4, -0.2) is 18.4 Å². The van der Waals surface area contributed by atoms with Crippen molar-refractivity contribution < 1.29 is 9.59 Å². The van der Waals surface area contributed by atoms with Gasteiger partial charge in [-0.1, -0.05) is 34.1 Å². The van der Waals surface area contributed by atoms with E-state index >= 15 is 0 Å². The second-order valence-electron chi connectivity index (χ2n) is 5.99. The number of anilines is 2. The third kappa shape index (κ3) is 3.57. The number of amides is 2. The fraction of sp³-hybridized carbons (Fsp3) is 0.211. The molecule has 3 rings (SSSR count). The molecule has 1 aliphatic heterocycles. The number of rotatable bonds is 3. The molecule has 1 saturated heterocycles. The molecule has 5 nitrogen and oxygen atoms in total. The zero-order chi connectivity index (χ0) is 18.0. The van der Waals surface area contributed by atoms with Gasteiger partial charge >= 0.3 is 0 Å². The summed E-state index contributed by atoms with van der Waals surface area (Å²) in [5.74, 6) is -0.784. The first-order valence-electron chi connectivity index (χ1n) is 7.86. The van der Waals surface area contributed by atoms with E-state index in [1.54, 1.807) is 24.3 Å². The highest BCUT2D eigenvalue weighted by atomic mass is 79.9. The lowest BCUT2D eigenvalue weighted by atomic mass is 10.1. The summed E-state index contributed by atoms with van der Waals surface area (Å²) in [6, 6.07) is 14.6. The van der Waals surface area contributed by atoms with Gasteiger partial charge in [-0.25, -0.2) is 0 Å². The Morgan fingerprint density at radius 1 is 1.32 bits per heavy atom. The van der Waals surface area contributed by atoms with Gasteiger partial charge < -0.3 is 10.2 Å². The van der Waals surface area contributed by atoms with Gasteiger partial charge in [-0.3, -0.25) is 9.59 Å². The Balaban J connectivity index is 1.74. The topological polar surface area (TPSA) is 73.2 Å². The van der Waals surface area contributed by atoms with E-state index in [9.17, 15) is 14.9 Å². The highest BCUT2D eigenvalue weighted by Crippen LogP contribution is 2.29. The van der Waals surface area contributed by atoms with E-state index in [0.29, 0.717) is 16.9 Å². The van der Waals surface area contributed by atoms with Crippen LogP contribution in [0, 0.1) is 24.2 Å². The fourth-order valence-corrected chi connectivity index (χ4v) is 3.21. The highest BCUT2D eigenvalue weighted by molar-refractivity contribution is 9.10. The molecule has 0 radical (unpaired) electrons. The van der Waals surface area contributed by atoms with Crippen LogP contribution in [0.1, 0.15) is 17.5 Å². The normalized spacial score (nSPS) is 16.6. The van der Waals surface area contributed by atoms with Crippen LogP contribution in [0.3, 0.4) is 0 Å². The quantitative estimate of drug-likeness (QED) is 0.859. The summed E-state index contributed by atoms with van der Waals surface area (Å²) in [6.45, 7) is 2.24. The monoisotopic (exact) mass is 397 g/mol. The number of halogens is 1. The Morgan fingerprint density at radius 3 is 2.80 bits per heavy atom. The van der Waals surface area contributed by atoms with Crippen LogP contribution in [-0.2, 0) is 9.59 Å². The van der Waals surface area contributed by atoms with Crippen LogP contribution in [0.2, 0.25) is 0 Å². The lowest BCUT2D eigenvalue weighted by molar-refractivity contribution is -0.122. The second kappa shape index (κ2) is 7.08. The summed E-state index contributed by atoms with van der Waals surface area (Å²) in [6.07, 6.45) is 0.138. The zero-order valence-corrected chi connectivity index (χ0v) is 15.2. The summed E-state index contributed by atoms with van der Waals surface area (Å²) in [5.41, 5.74) is 2.75. The molecule has 2 amide bonds. The zero-order valence-electron chi connectivity index (χ0n) is 13.6. The molecule has 1 aliphatic rings. The van der Waals surface area contributed by atoms with Crippen molar-refractivity contribution in [2.75, 3.05) is 16.8 Å². The van der Waals surface area contributed by atoms with Crippen LogP contribution in [0.5, 0.6) is 0 Å². The Hall–Kier alpha value is -2.65. The molecule has 2 aromatic rings. The minimum atomic E-state index is -0.445. The molecule has 25 heavy (non-hydrogen) atoms. The van der Waals surface area contributed by atoms with Gasteiger partial charge in [0.15, 0.2) is 0 Å². The van der Waals surface area contributed by atoms with Gasteiger partial charge in [-0.15, -0.1) is 0 Å². The molecule has 1 atom stereocenters. The molecule has 2 aromatic carbocycles. The van der Waals surface area contributed by atoms with E-state index in [4.69, 9.17) is 0 Å². The van der Waals surface area contributed by atoms with E-state index < -0.39 is 5.92 Å². The first-order chi connectivity index (χ1) is 12.0. The number of hydrogen-bond donors (Lipinski definition) is 1. The first-order valence-corrected chi connectivity index (χ1v) is 8.65. The summed E-state index contributed by atoms with van der Waals surface area (Å²) in [5, 5.41) is 12.1. The van der Waals surface area contributed by atoms with Gasteiger partial charge in [0.05, 0.1) is 17.2 Å². The van der Waals surface area contributed by atoms with E-state index in [-0.39, 0.29) is 24.8 Å². The average molecular weight is 398 g/mol. The number of aryl methyl sites for hydroxylation is 1. The Kier molecular flexibility index (Phi) is 4.86. The van der Waals surface area contributed by atoms with Crippen molar-refractivity contribution >= 4 is 39.1 Å². The lowest BCUT2D eigenvalue weighted by Gasteiger charge is -2.18. The molecular formula is C19H16BrN3O2. The highest BCUT2D eigenvalue weighted by Gasteiger charge is 2.36. The van der Waals surface area contributed by atoms with E-state index in [2.05, 4.69) is 27.3 Å². The summed E-state index contributed by atoms with van der Waals surface area (Å²) >= 11 is 3.44. The van der Waals surface area contributed by atoms with E-state index in [1.807, 2.05) is 25.1 Å². The van der Waals surface area contributed by atoms with Crippen molar-refractivity contribution in [3.63, 3.8) is 0 Å². The first kappa shape index (κ1) is 17.2. The molecular weight excluding hydrogens is 382 g/mol. The van der Waals surface area contributed by atoms with Crippen molar-refractivity contribution in [3.05, 3.63) is 58.1 Å². The van der Waals surface area contributed by atoms with Gasteiger partial charge in [0.1, 0.15) is 6.07 Å². The second-order valence-corrected chi connectivity index (χ2v) is 6.84. The van der Waals surface area contributed by atoms with Gasteiger partial charge in [0.25, 0.3) is 0 Å². The van der Waals surface area contributed by atoms with Crippen molar-refractivity contribution in [2.45, 2.75) is 13.3 Å². The van der Waals surface area contributed by atoms with Crippen molar-refractivity contribution in [2.24, 2.45) is 5.92 Å². The van der Waals surface area contributed by atoms with Crippen molar-refractivity contribution in [3.8, 4) is 6.07 Å². The summed E-state index contributed by atoms with van der Waals surface area (Å²) in [7, 11) is 0. The maximum atomic E-state index is 12.5. The van der Waals surface area contributed by atoms with Crippen LogP contribution < -0.4 is 10.2 Å². The van der Waals surface area contributed by atoms with Gasteiger partial charge in [-0.2, -0.15) is 5.26 Å². The largest absolute Gasteiger partial charge is 0.326 e. The predicted octanol–water partition coefficient (Wildman–Crippen LogP) is 3.62. The maximum Gasteiger partial charge on any atom is 0.229 e. The molecule has 0 aliphatic carbocycles. The number of benzene rings is 2. The molecule has 1 N–H and O–H groups in total. The van der Waals surface area contributed by atoms with E-state index in [1.165, 1.54) is 4.90 Å². The van der Waals surface area contributed by atoms with Gasteiger partial charge in [0, 0.05) is 23.1 Å². The Morgan fingerprint density at radius 2 is 2.08 bits per heavy atom. The van der Waals surface area contributed by atoms with Crippen molar-refractivity contribution in [1.29, 1.82) is 5.26 Å².